The highest BCUT2D eigenvalue weighted by Gasteiger charge is 2.36. The molecule has 0 aromatic carbocycles. The summed E-state index contributed by atoms with van der Waals surface area (Å²) in [5.41, 5.74) is -0.0793. The van der Waals surface area contributed by atoms with Gasteiger partial charge in [-0.3, -0.25) is 10.1 Å². The van der Waals surface area contributed by atoms with Crippen LogP contribution in [-0.4, -0.2) is 29.2 Å². The Morgan fingerprint density at radius 3 is 2.76 bits per heavy atom. The molecule has 0 amide bonds. The van der Waals surface area contributed by atoms with Crippen LogP contribution in [0.1, 0.15) is 19.3 Å². The van der Waals surface area contributed by atoms with Crippen LogP contribution in [0.25, 0.3) is 0 Å². The van der Waals surface area contributed by atoms with Crippen molar-refractivity contribution in [1.29, 1.82) is 0 Å². The van der Waals surface area contributed by atoms with Gasteiger partial charge < -0.3 is 10.1 Å². The van der Waals surface area contributed by atoms with Gasteiger partial charge in [-0.2, -0.15) is 0 Å². The van der Waals surface area contributed by atoms with Crippen molar-refractivity contribution in [3.8, 4) is 0 Å². The molecule has 17 heavy (non-hydrogen) atoms. The Morgan fingerprint density at radius 1 is 1.59 bits per heavy atom. The van der Waals surface area contributed by atoms with E-state index in [4.69, 9.17) is 4.74 Å². The fourth-order valence-corrected chi connectivity index (χ4v) is 1.87. The zero-order valence-electron chi connectivity index (χ0n) is 9.68. The zero-order valence-corrected chi connectivity index (χ0v) is 9.68. The van der Waals surface area contributed by atoms with E-state index in [0.717, 1.165) is 12.8 Å². The lowest BCUT2D eigenvalue weighted by Gasteiger charge is -2.40. The standard InChI is InChI=1S/C11H15N3O3/c1-17-11(5-2-6-11)8-13-10-4-3-9(7-12-10)14(15)16/h3-4,7H,2,5-6,8H2,1H3,(H,12,13). The molecule has 6 nitrogen and oxygen atoms in total. The van der Waals surface area contributed by atoms with Crippen LogP contribution in [0.3, 0.4) is 0 Å². The highest BCUT2D eigenvalue weighted by atomic mass is 16.6. The van der Waals surface area contributed by atoms with Gasteiger partial charge in [-0.05, 0) is 25.3 Å². The summed E-state index contributed by atoms with van der Waals surface area (Å²) in [6, 6.07) is 3.05. The normalized spacial score (nSPS) is 17.2. The van der Waals surface area contributed by atoms with Crippen LogP contribution < -0.4 is 5.32 Å². The Labute approximate surface area is 99.2 Å². The van der Waals surface area contributed by atoms with Crippen LogP contribution in [0, 0.1) is 10.1 Å². The lowest BCUT2D eigenvalue weighted by Crippen LogP contribution is -2.45. The van der Waals surface area contributed by atoms with Crippen molar-refractivity contribution in [2.24, 2.45) is 0 Å². The molecule has 0 saturated heterocycles. The van der Waals surface area contributed by atoms with Crippen molar-refractivity contribution in [2.75, 3.05) is 19.0 Å². The highest BCUT2D eigenvalue weighted by molar-refractivity contribution is 5.40. The highest BCUT2D eigenvalue weighted by Crippen LogP contribution is 2.34. The first-order chi connectivity index (χ1) is 8.15. The van der Waals surface area contributed by atoms with Gasteiger partial charge in [-0.1, -0.05) is 0 Å². The predicted molar refractivity (Wildman–Crippen MR) is 63.0 cm³/mol. The molecule has 1 N–H and O–H groups in total. The van der Waals surface area contributed by atoms with Gasteiger partial charge in [-0.25, -0.2) is 4.98 Å². The number of nitrogens with zero attached hydrogens (tertiary/aromatic N) is 2. The van der Waals surface area contributed by atoms with Crippen molar-refractivity contribution in [3.05, 3.63) is 28.4 Å². The third-order valence-electron chi connectivity index (χ3n) is 3.25. The molecule has 1 fully saturated rings. The molecule has 0 aliphatic heterocycles. The third kappa shape index (κ3) is 2.52. The summed E-state index contributed by atoms with van der Waals surface area (Å²) in [5, 5.41) is 13.6. The quantitative estimate of drug-likeness (QED) is 0.625. The largest absolute Gasteiger partial charge is 0.376 e. The molecule has 0 unspecified atom stereocenters. The fourth-order valence-electron chi connectivity index (χ4n) is 1.87. The van der Waals surface area contributed by atoms with Crippen LogP contribution in [0.5, 0.6) is 0 Å². The number of ether oxygens (including phenoxy) is 1. The first-order valence-corrected chi connectivity index (χ1v) is 5.55. The average Bonchev–Trinajstić information content (AvgIpc) is 2.29. The van der Waals surface area contributed by atoms with Crippen molar-refractivity contribution >= 4 is 11.5 Å². The average molecular weight is 237 g/mol. The van der Waals surface area contributed by atoms with Gasteiger partial charge >= 0.3 is 0 Å². The number of aromatic nitrogens is 1. The monoisotopic (exact) mass is 237 g/mol. The summed E-state index contributed by atoms with van der Waals surface area (Å²) in [6.45, 7) is 0.689. The van der Waals surface area contributed by atoms with Gasteiger partial charge in [0.15, 0.2) is 0 Å². The minimum absolute atomic E-state index is 0.000601. The number of nitro groups is 1. The maximum absolute atomic E-state index is 10.5. The van der Waals surface area contributed by atoms with E-state index in [1.807, 2.05) is 0 Å². The molecule has 1 aromatic heterocycles. The maximum atomic E-state index is 10.5. The van der Waals surface area contributed by atoms with E-state index in [2.05, 4.69) is 10.3 Å². The van der Waals surface area contributed by atoms with Gasteiger partial charge in [-0.15, -0.1) is 0 Å². The summed E-state index contributed by atoms with van der Waals surface area (Å²) in [6.07, 6.45) is 4.53. The van der Waals surface area contributed by atoms with Crippen LogP contribution in [0.2, 0.25) is 0 Å². The van der Waals surface area contributed by atoms with E-state index in [1.54, 1.807) is 13.2 Å². The molecule has 1 aromatic rings. The number of anilines is 1. The van der Waals surface area contributed by atoms with Crippen molar-refractivity contribution < 1.29 is 9.66 Å². The molecule has 6 heteroatoms. The molecule has 0 radical (unpaired) electrons. The van der Waals surface area contributed by atoms with E-state index < -0.39 is 4.92 Å². The van der Waals surface area contributed by atoms with E-state index in [0.29, 0.717) is 12.4 Å². The van der Waals surface area contributed by atoms with Crippen LogP contribution in [-0.2, 0) is 4.74 Å². The lowest BCUT2D eigenvalue weighted by atomic mass is 9.80. The number of hydrogen-bond acceptors (Lipinski definition) is 5. The van der Waals surface area contributed by atoms with E-state index in [1.165, 1.54) is 18.7 Å². The summed E-state index contributed by atoms with van der Waals surface area (Å²) in [4.78, 5) is 14.0. The first kappa shape index (κ1) is 11.8. The van der Waals surface area contributed by atoms with Crippen LogP contribution in [0.15, 0.2) is 18.3 Å². The topological polar surface area (TPSA) is 77.3 Å². The lowest BCUT2D eigenvalue weighted by molar-refractivity contribution is -0.385. The molecular weight excluding hydrogens is 222 g/mol. The Kier molecular flexibility index (Phi) is 3.23. The Balaban J connectivity index is 1.93. The Hall–Kier alpha value is -1.69. The second kappa shape index (κ2) is 4.67. The minimum atomic E-state index is -0.459. The molecule has 2 rings (SSSR count). The number of rotatable bonds is 5. The second-order valence-electron chi connectivity index (χ2n) is 4.25. The van der Waals surface area contributed by atoms with E-state index >= 15 is 0 Å². The summed E-state index contributed by atoms with van der Waals surface area (Å²) in [5.74, 6) is 0.638. The van der Waals surface area contributed by atoms with Gasteiger partial charge in [0.1, 0.15) is 12.0 Å². The zero-order chi connectivity index (χ0) is 12.3. The number of pyridine rings is 1. The van der Waals surface area contributed by atoms with Crippen LogP contribution in [0.4, 0.5) is 11.5 Å². The van der Waals surface area contributed by atoms with Gasteiger partial charge in [0.05, 0.1) is 10.5 Å². The SMILES string of the molecule is COC1(CNc2ccc([N+](=O)[O-])cn2)CCC1. The first-order valence-electron chi connectivity index (χ1n) is 5.55. The molecule has 0 bridgehead atoms. The summed E-state index contributed by atoms with van der Waals surface area (Å²) < 4.78 is 5.46. The fraction of sp³-hybridized carbons (Fsp3) is 0.545. The molecule has 92 valence electrons. The molecule has 0 spiro atoms. The van der Waals surface area contributed by atoms with Gasteiger partial charge in [0.2, 0.25) is 0 Å². The molecule has 1 saturated carbocycles. The molecule has 0 atom stereocenters. The van der Waals surface area contributed by atoms with Crippen LogP contribution >= 0.6 is 0 Å². The van der Waals surface area contributed by atoms with Gasteiger partial charge in [0.25, 0.3) is 5.69 Å². The summed E-state index contributed by atoms with van der Waals surface area (Å²) >= 11 is 0. The molecule has 1 aliphatic carbocycles. The second-order valence-corrected chi connectivity index (χ2v) is 4.25. The number of methoxy groups -OCH3 is 1. The Morgan fingerprint density at radius 2 is 2.35 bits per heavy atom. The van der Waals surface area contributed by atoms with E-state index in [-0.39, 0.29) is 11.3 Å². The minimum Gasteiger partial charge on any atom is -0.376 e. The third-order valence-corrected chi connectivity index (χ3v) is 3.25. The smallest absolute Gasteiger partial charge is 0.287 e. The molecule has 1 heterocycles. The molecule has 1 aliphatic rings. The van der Waals surface area contributed by atoms with E-state index in [9.17, 15) is 10.1 Å². The summed E-state index contributed by atoms with van der Waals surface area (Å²) in [7, 11) is 1.71. The van der Waals surface area contributed by atoms with Crippen molar-refractivity contribution in [3.63, 3.8) is 0 Å². The predicted octanol–water partition coefficient (Wildman–Crippen LogP) is 1.97. The molecular formula is C11H15N3O3. The van der Waals surface area contributed by atoms with Gasteiger partial charge in [0, 0.05) is 19.7 Å². The van der Waals surface area contributed by atoms with Crippen molar-refractivity contribution in [1.82, 2.24) is 4.98 Å². The van der Waals surface area contributed by atoms with Crippen molar-refractivity contribution in [2.45, 2.75) is 24.9 Å². The Bertz CT molecular complexity index is 395. The number of hydrogen-bond donors (Lipinski definition) is 1. The maximum Gasteiger partial charge on any atom is 0.287 e. The number of nitrogens with one attached hydrogen (secondary N) is 1.